The summed E-state index contributed by atoms with van der Waals surface area (Å²) < 4.78 is 6.81. The van der Waals surface area contributed by atoms with Gasteiger partial charge in [0.2, 0.25) is 5.76 Å². The average molecular weight is 359 g/mol. The number of oxazole rings is 1. The van der Waals surface area contributed by atoms with Crippen LogP contribution in [-0.2, 0) is 13.5 Å². The molecule has 0 radical (unpaired) electrons. The maximum Gasteiger partial charge on any atom is 0.289 e. The van der Waals surface area contributed by atoms with Crippen molar-refractivity contribution in [3.05, 3.63) is 40.0 Å². The molecule has 140 valence electrons. The summed E-state index contributed by atoms with van der Waals surface area (Å²) in [6.07, 6.45) is 4.29. The summed E-state index contributed by atoms with van der Waals surface area (Å²) in [4.78, 5) is 30.4. The van der Waals surface area contributed by atoms with Gasteiger partial charge in [-0.2, -0.15) is 5.10 Å². The van der Waals surface area contributed by atoms with E-state index in [9.17, 15) is 9.59 Å². The van der Waals surface area contributed by atoms with Gasteiger partial charge in [0.15, 0.2) is 5.89 Å². The minimum Gasteiger partial charge on any atom is -0.435 e. The van der Waals surface area contributed by atoms with Crippen LogP contribution < -0.4 is 15.8 Å². The molecule has 2 aromatic rings. The Balaban J connectivity index is 1.50. The molecule has 2 aromatic heterocycles. The minimum atomic E-state index is -0.201. The van der Waals surface area contributed by atoms with E-state index < -0.39 is 0 Å². The summed E-state index contributed by atoms with van der Waals surface area (Å²) in [6, 6.07) is 1.62. The number of aromatic nitrogens is 3. The van der Waals surface area contributed by atoms with Crippen molar-refractivity contribution in [2.45, 2.75) is 33.1 Å². The van der Waals surface area contributed by atoms with E-state index in [0.29, 0.717) is 36.2 Å². The lowest BCUT2D eigenvalue weighted by Gasteiger charge is -2.33. The summed E-state index contributed by atoms with van der Waals surface area (Å²) in [7, 11) is 1.64. The topological polar surface area (TPSA) is 93.3 Å². The Hall–Kier alpha value is -2.64. The van der Waals surface area contributed by atoms with Gasteiger partial charge in [0, 0.05) is 39.2 Å². The van der Waals surface area contributed by atoms with E-state index in [0.717, 1.165) is 31.6 Å². The van der Waals surface area contributed by atoms with E-state index in [2.05, 4.69) is 20.3 Å². The zero-order valence-corrected chi connectivity index (χ0v) is 15.5. The van der Waals surface area contributed by atoms with Crippen molar-refractivity contribution in [2.24, 2.45) is 13.0 Å². The zero-order chi connectivity index (χ0) is 18.7. The molecule has 1 saturated heterocycles. The van der Waals surface area contributed by atoms with E-state index in [1.54, 1.807) is 26.2 Å². The number of aryl methyl sites for hydroxylation is 3. The van der Waals surface area contributed by atoms with Crippen LogP contribution in [0.4, 0.5) is 5.69 Å². The molecule has 0 unspecified atom stereocenters. The number of nitrogens with one attached hydrogen (secondary N) is 1. The van der Waals surface area contributed by atoms with Gasteiger partial charge in [-0.3, -0.25) is 9.59 Å². The lowest BCUT2D eigenvalue weighted by Crippen LogP contribution is -2.39. The van der Waals surface area contributed by atoms with Crippen LogP contribution in [0.1, 0.15) is 41.9 Å². The molecule has 8 heteroatoms. The van der Waals surface area contributed by atoms with Gasteiger partial charge in [0.1, 0.15) is 0 Å². The standard InChI is InChI=1S/C18H25N5O3/c1-4-15-21-12(2)17(26-15)18(25)19-10-13-5-7-23(8-6-13)14-9-16(24)22(3)20-11-14/h9,11,13H,4-8,10H2,1-3H3,(H,19,25). The fourth-order valence-electron chi connectivity index (χ4n) is 3.16. The van der Waals surface area contributed by atoms with Crippen LogP contribution in [0.15, 0.2) is 21.5 Å². The van der Waals surface area contributed by atoms with Crippen molar-refractivity contribution in [1.29, 1.82) is 0 Å². The van der Waals surface area contributed by atoms with Crippen LogP contribution in [0.5, 0.6) is 0 Å². The van der Waals surface area contributed by atoms with E-state index >= 15 is 0 Å². The highest BCUT2D eigenvalue weighted by molar-refractivity contribution is 5.92. The highest BCUT2D eigenvalue weighted by atomic mass is 16.4. The molecule has 0 aliphatic carbocycles. The molecule has 1 aliphatic heterocycles. The number of carbonyl (C=O) groups excluding carboxylic acids is 1. The summed E-state index contributed by atoms with van der Waals surface area (Å²) in [5.41, 5.74) is 1.39. The van der Waals surface area contributed by atoms with Crippen LogP contribution in [0.2, 0.25) is 0 Å². The summed E-state index contributed by atoms with van der Waals surface area (Å²) >= 11 is 0. The third kappa shape index (κ3) is 3.95. The fourth-order valence-corrected chi connectivity index (χ4v) is 3.16. The molecule has 3 rings (SSSR count). The molecule has 0 atom stereocenters. The van der Waals surface area contributed by atoms with E-state index in [-0.39, 0.29) is 11.5 Å². The fraction of sp³-hybridized carbons (Fsp3) is 0.556. The van der Waals surface area contributed by atoms with Crippen molar-refractivity contribution in [2.75, 3.05) is 24.5 Å². The molecule has 0 saturated carbocycles. The molecule has 1 amide bonds. The first-order chi connectivity index (χ1) is 12.5. The number of piperidine rings is 1. The molecule has 1 fully saturated rings. The predicted octanol–water partition coefficient (Wildman–Crippen LogP) is 1.29. The molecule has 0 aromatic carbocycles. The van der Waals surface area contributed by atoms with E-state index in [4.69, 9.17) is 4.42 Å². The van der Waals surface area contributed by atoms with Crippen molar-refractivity contribution < 1.29 is 9.21 Å². The van der Waals surface area contributed by atoms with Crippen LogP contribution >= 0.6 is 0 Å². The smallest absolute Gasteiger partial charge is 0.289 e. The lowest BCUT2D eigenvalue weighted by molar-refractivity contribution is 0.0914. The second-order valence-corrected chi connectivity index (χ2v) is 6.69. The molecule has 1 aliphatic rings. The number of rotatable bonds is 5. The third-order valence-electron chi connectivity index (χ3n) is 4.83. The number of nitrogens with zero attached hydrogens (tertiary/aromatic N) is 4. The minimum absolute atomic E-state index is 0.106. The first-order valence-corrected chi connectivity index (χ1v) is 9.00. The first-order valence-electron chi connectivity index (χ1n) is 9.00. The largest absolute Gasteiger partial charge is 0.435 e. The Morgan fingerprint density at radius 3 is 2.73 bits per heavy atom. The Morgan fingerprint density at radius 2 is 2.12 bits per heavy atom. The van der Waals surface area contributed by atoms with Gasteiger partial charge in [-0.1, -0.05) is 6.92 Å². The van der Waals surface area contributed by atoms with E-state index in [1.807, 2.05) is 6.92 Å². The zero-order valence-electron chi connectivity index (χ0n) is 15.5. The second-order valence-electron chi connectivity index (χ2n) is 6.69. The monoisotopic (exact) mass is 359 g/mol. The van der Waals surface area contributed by atoms with Crippen molar-refractivity contribution in [1.82, 2.24) is 20.1 Å². The Labute approximate surface area is 152 Å². The normalized spacial score (nSPS) is 15.3. The maximum absolute atomic E-state index is 12.3. The second kappa shape index (κ2) is 7.72. The van der Waals surface area contributed by atoms with E-state index in [1.165, 1.54) is 4.68 Å². The van der Waals surface area contributed by atoms with Gasteiger partial charge >= 0.3 is 0 Å². The number of carbonyl (C=O) groups is 1. The molecule has 8 nitrogen and oxygen atoms in total. The molecule has 3 heterocycles. The highest BCUT2D eigenvalue weighted by Gasteiger charge is 2.22. The predicted molar refractivity (Wildman–Crippen MR) is 97.4 cm³/mol. The summed E-state index contributed by atoms with van der Waals surface area (Å²) in [6.45, 7) is 6.03. The Kier molecular flexibility index (Phi) is 5.39. The van der Waals surface area contributed by atoms with Gasteiger partial charge < -0.3 is 14.6 Å². The van der Waals surface area contributed by atoms with Crippen LogP contribution in [0.25, 0.3) is 0 Å². The molecule has 0 spiro atoms. The molecule has 1 N–H and O–H groups in total. The summed E-state index contributed by atoms with van der Waals surface area (Å²) in [5, 5.41) is 7.03. The van der Waals surface area contributed by atoms with Gasteiger partial charge in [-0.25, -0.2) is 9.67 Å². The maximum atomic E-state index is 12.3. The Bertz CT molecular complexity index is 834. The molecular formula is C18H25N5O3. The SMILES string of the molecule is CCc1nc(C)c(C(=O)NCC2CCN(c3cnn(C)c(=O)c3)CC2)o1. The molecule has 26 heavy (non-hydrogen) atoms. The third-order valence-corrected chi connectivity index (χ3v) is 4.83. The molecular weight excluding hydrogens is 334 g/mol. The first kappa shape index (κ1) is 18.2. The summed E-state index contributed by atoms with van der Waals surface area (Å²) in [5.74, 6) is 1.10. The number of amides is 1. The van der Waals surface area contributed by atoms with Crippen LogP contribution in [0.3, 0.4) is 0 Å². The quantitative estimate of drug-likeness (QED) is 0.865. The Morgan fingerprint density at radius 1 is 1.38 bits per heavy atom. The van der Waals surface area contributed by atoms with Gasteiger partial charge in [-0.05, 0) is 25.7 Å². The van der Waals surface area contributed by atoms with Crippen molar-refractivity contribution in [3.63, 3.8) is 0 Å². The molecule has 0 bridgehead atoms. The van der Waals surface area contributed by atoms with Gasteiger partial charge in [0.05, 0.1) is 17.6 Å². The van der Waals surface area contributed by atoms with Crippen LogP contribution in [0, 0.1) is 12.8 Å². The van der Waals surface area contributed by atoms with Gasteiger partial charge in [-0.15, -0.1) is 0 Å². The number of hydrogen-bond donors (Lipinski definition) is 1. The van der Waals surface area contributed by atoms with Crippen LogP contribution in [-0.4, -0.2) is 40.3 Å². The van der Waals surface area contributed by atoms with Gasteiger partial charge in [0.25, 0.3) is 11.5 Å². The van der Waals surface area contributed by atoms with Crippen molar-refractivity contribution >= 4 is 11.6 Å². The number of hydrogen-bond acceptors (Lipinski definition) is 6. The average Bonchev–Trinajstić information content (AvgIpc) is 3.03. The lowest BCUT2D eigenvalue weighted by atomic mass is 9.96. The number of anilines is 1. The highest BCUT2D eigenvalue weighted by Crippen LogP contribution is 2.21. The van der Waals surface area contributed by atoms with Crippen molar-refractivity contribution in [3.8, 4) is 0 Å².